The molecule has 2 N–H and O–H groups in total. The zero-order chi connectivity index (χ0) is 23.8. The normalized spacial score (nSPS) is 17.3. The average molecular weight is 464 g/mol. The van der Waals surface area contributed by atoms with Crippen LogP contribution in [0.25, 0.3) is 22.5 Å². The van der Waals surface area contributed by atoms with Gasteiger partial charge < -0.3 is 19.6 Å². The van der Waals surface area contributed by atoms with Gasteiger partial charge in [-0.25, -0.2) is 9.78 Å². The Morgan fingerprint density at radius 3 is 2.82 bits per heavy atom. The van der Waals surface area contributed by atoms with Crippen molar-refractivity contribution >= 4 is 23.2 Å². The molecule has 0 amide bonds. The maximum atomic E-state index is 12.3. The van der Waals surface area contributed by atoms with Gasteiger partial charge in [-0.1, -0.05) is 6.07 Å². The highest BCUT2D eigenvalue weighted by Gasteiger charge is 2.41. The Hall–Kier alpha value is -3.34. The zero-order valence-corrected chi connectivity index (χ0v) is 18.1. The number of likely N-dealkylation sites (tertiary alicyclic amines) is 1. The SMILES string of the molecule is Cc1cc(C)c(-c2ccc3oc(NC4CCCN(COC(=O)C(F)(F)F)C4)nc3n2)c(O)c1. The Kier molecular flexibility index (Phi) is 6.15. The van der Waals surface area contributed by atoms with Gasteiger partial charge in [0.15, 0.2) is 5.58 Å². The van der Waals surface area contributed by atoms with E-state index in [9.17, 15) is 23.1 Å². The summed E-state index contributed by atoms with van der Waals surface area (Å²) in [6.45, 7) is 4.23. The number of piperidine rings is 1. The molecule has 3 heterocycles. The Labute approximate surface area is 187 Å². The summed E-state index contributed by atoms with van der Waals surface area (Å²) < 4.78 is 47.0. The molecular weight excluding hydrogens is 441 g/mol. The van der Waals surface area contributed by atoms with Crippen LogP contribution in [0.3, 0.4) is 0 Å². The lowest BCUT2D eigenvalue weighted by Crippen LogP contribution is -2.44. The molecule has 0 radical (unpaired) electrons. The van der Waals surface area contributed by atoms with Crippen molar-refractivity contribution in [3.8, 4) is 17.0 Å². The minimum absolute atomic E-state index is 0.134. The third-order valence-electron chi connectivity index (χ3n) is 5.41. The fourth-order valence-electron chi connectivity index (χ4n) is 3.99. The molecule has 176 valence electrons. The summed E-state index contributed by atoms with van der Waals surface area (Å²) in [6, 6.07) is 7.17. The molecule has 1 saturated heterocycles. The monoisotopic (exact) mass is 464 g/mol. The smallest absolute Gasteiger partial charge is 0.490 e. The first-order chi connectivity index (χ1) is 15.6. The van der Waals surface area contributed by atoms with Gasteiger partial charge in [0.25, 0.3) is 6.01 Å². The van der Waals surface area contributed by atoms with Gasteiger partial charge in [0.1, 0.15) is 12.5 Å². The number of phenols is 1. The second-order valence-corrected chi connectivity index (χ2v) is 8.13. The number of aromatic nitrogens is 2. The van der Waals surface area contributed by atoms with E-state index in [1.54, 1.807) is 23.1 Å². The number of benzene rings is 1. The van der Waals surface area contributed by atoms with Gasteiger partial charge >= 0.3 is 12.1 Å². The van der Waals surface area contributed by atoms with Gasteiger partial charge in [0, 0.05) is 24.7 Å². The molecule has 33 heavy (non-hydrogen) atoms. The topological polar surface area (TPSA) is 101 Å². The summed E-state index contributed by atoms with van der Waals surface area (Å²) >= 11 is 0. The highest BCUT2D eigenvalue weighted by atomic mass is 19.4. The third-order valence-corrected chi connectivity index (χ3v) is 5.41. The highest BCUT2D eigenvalue weighted by molar-refractivity contribution is 5.78. The molecule has 1 fully saturated rings. The van der Waals surface area contributed by atoms with Crippen LogP contribution in [0, 0.1) is 13.8 Å². The predicted molar refractivity (Wildman–Crippen MR) is 114 cm³/mol. The average Bonchev–Trinajstić information content (AvgIpc) is 3.12. The molecule has 1 atom stereocenters. The Bertz CT molecular complexity index is 1160. The quantitative estimate of drug-likeness (QED) is 0.543. The maximum absolute atomic E-state index is 12.3. The van der Waals surface area contributed by atoms with E-state index in [0.717, 1.165) is 17.5 Å². The van der Waals surface area contributed by atoms with Crippen LogP contribution in [-0.4, -0.2) is 58.0 Å². The van der Waals surface area contributed by atoms with Gasteiger partial charge in [0.05, 0.1) is 5.69 Å². The molecule has 0 saturated carbocycles. The molecule has 1 unspecified atom stereocenters. The molecule has 1 aromatic carbocycles. The van der Waals surface area contributed by atoms with E-state index in [4.69, 9.17) is 4.42 Å². The van der Waals surface area contributed by atoms with Gasteiger partial charge in [0.2, 0.25) is 5.65 Å². The number of rotatable bonds is 5. The second kappa shape index (κ2) is 8.89. The number of alkyl halides is 3. The first-order valence-corrected chi connectivity index (χ1v) is 10.4. The number of hydrogen-bond donors (Lipinski definition) is 2. The summed E-state index contributed by atoms with van der Waals surface area (Å²) in [7, 11) is 0. The van der Waals surface area contributed by atoms with Crippen molar-refractivity contribution in [1.82, 2.24) is 14.9 Å². The number of carbonyl (C=O) groups excluding carboxylic acids is 1. The number of fused-ring (bicyclic) bond motifs is 1. The molecule has 0 spiro atoms. The van der Waals surface area contributed by atoms with E-state index in [1.165, 1.54) is 0 Å². The fraction of sp³-hybridized carbons (Fsp3) is 0.409. The number of oxazole rings is 1. The van der Waals surface area contributed by atoms with E-state index in [0.29, 0.717) is 42.0 Å². The fourth-order valence-corrected chi connectivity index (χ4v) is 3.99. The maximum Gasteiger partial charge on any atom is 0.490 e. The van der Waals surface area contributed by atoms with Crippen molar-refractivity contribution in [2.45, 2.75) is 38.9 Å². The van der Waals surface area contributed by atoms with Crippen LogP contribution in [0.5, 0.6) is 5.75 Å². The lowest BCUT2D eigenvalue weighted by Gasteiger charge is -2.32. The van der Waals surface area contributed by atoms with Crippen molar-refractivity contribution < 1.29 is 32.2 Å². The number of pyridine rings is 1. The van der Waals surface area contributed by atoms with Crippen molar-refractivity contribution in [2.24, 2.45) is 0 Å². The number of ether oxygens (including phenoxy) is 1. The summed E-state index contributed by atoms with van der Waals surface area (Å²) in [4.78, 5) is 21.4. The Morgan fingerprint density at radius 1 is 1.30 bits per heavy atom. The summed E-state index contributed by atoms with van der Waals surface area (Å²) in [5, 5.41) is 13.5. The molecular formula is C22H23F3N4O4. The molecule has 2 aromatic heterocycles. The van der Waals surface area contributed by atoms with Crippen LogP contribution in [0.2, 0.25) is 0 Å². The van der Waals surface area contributed by atoms with Gasteiger partial charge in [-0.15, -0.1) is 0 Å². The molecule has 1 aliphatic heterocycles. The molecule has 0 bridgehead atoms. The van der Waals surface area contributed by atoms with Crippen LogP contribution < -0.4 is 5.32 Å². The number of aromatic hydroxyl groups is 1. The van der Waals surface area contributed by atoms with Crippen LogP contribution in [0.4, 0.5) is 19.2 Å². The highest BCUT2D eigenvalue weighted by Crippen LogP contribution is 2.33. The number of aryl methyl sites for hydroxylation is 2. The summed E-state index contributed by atoms with van der Waals surface area (Å²) in [6.07, 6.45) is -3.56. The van der Waals surface area contributed by atoms with E-state index < -0.39 is 18.9 Å². The molecule has 11 heteroatoms. The van der Waals surface area contributed by atoms with Crippen molar-refractivity contribution in [3.05, 3.63) is 35.4 Å². The van der Waals surface area contributed by atoms with Gasteiger partial charge in [-0.3, -0.25) is 4.90 Å². The number of phenolic OH excluding ortho intramolecular Hbond substituents is 1. The van der Waals surface area contributed by atoms with Gasteiger partial charge in [-0.05, 0) is 56.0 Å². The van der Waals surface area contributed by atoms with Crippen LogP contribution in [0.1, 0.15) is 24.0 Å². The minimum Gasteiger partial charge on any atom is -0.507 e. The van der Waals surface area contributed by atoms with Gasteiger partial charge in [-0.2, -0.15) is 18.2 Å². The number of halogens is 3. The lowest BCUT2D eigenvalue weighted by molar-refractivity contribution is -0.204. The van der Waals surface area contributed by atoms with Crippen molar-refractivity contribution in [2.75, 3.05) is 25.1 Å². The zero-order valence-electron chi connectivity index (χ0n) is 18.1. The lowest BCUT2D eigenvalue weighted by atomic mass is 10.0. The number of esters is 1. The van der Waals surface area contributed by atoms with E-state index in [2.05, 4.69) is 20.0 Å². The van der Waals surface area contributed by atoms with Crippen molar-refractivity contribution in [1.29, 1.82) is 0 Å². The summed E-state index contributed by atoms with van der Waals surface area (Å²) in [5.74, 6) is -2.07. The molecule has 8 nitrogen and oxygen atoms in total. The Balaban J connectivity index is 1.45. The number of nitrogens with zero attached hydrogens (tertiary/aromatic N) is 3. The number of nitrogens with one attached hydrogen (secondary N) is 1. The van der Waals surface area contributed by atoms with E-state index >= 15 is 0 Å². The number of anilines is 1. The third kappa shape index (κ3) is 5.19. The first-order valence-electron chi connectivity index (χ1n) is 10.4. The Morgan fingerprint density at radius 2 is 2.09 bits per heavy atom. The first kappa shape index (κ1) is 22.8. The van der Waals surface area contributed by atoms with E-state index in [1.807, 2.05) is 19.9 Å². The standard InChI is InChI=1S/C22H23F3N4O4/c1-12-8-13(2)18(16(30)9-12)15-5-6-17-19(27-15)28-21(33-17)26-14-4-3-7-29(10-14)11-32-20(31)22(23,24)25/h5-6,8-9,14,30H,3-4,7,10-11H2,1-2H3,(H,26,27,28). The van der Waals surface area contributed by atoms with Crippen LogP contribution in [-0.2, 0) is 9.53 Å². The van der Waals surface area contributed by atoms with Crippen molar-refractivity contribution in [3.63, 3.8) is 0 Å². The number of hydrogen-bond acceptors (Lipinski definition) is 8. The molecule has 1 aliphatic rings. The van der Waals surface area contributed by atoms with Crippen LogP contribution >= 0.6 is 0 Å². The molecule has 3 aromatic rings. The number of carbonyl (C=O) groups is 1. The predicted octanol–water partition coefficient (Wildman–Crippen LogP) is 4.15. The largest absolute Gasteiger partial charge is 0.507 e. The molecule has 4 rings (SSSR count). The molecule has 0 aliphatic carbocycles. The second-order valence-electron chi connectivity index (χ2n) is 8.13. The minimum atomic E-state index is -5.01. The summed E-state index contributed by atoms with van der Waals surface area (Å²) in [5.41, 5.74) is 3.83. The van der Waals surface area contributed by atoms with E-state index in [-0.39, 0.29) is 17.8 Å². The van der Waals surface area contributed by atoms with Crippen LogP contribution in [0.15, 0.2) is 28.7 Å².